The molecule has 1 atom stereocenters. The van der Waals surface area contributed by atoms with Crippen molar-refractivity contribution in [2.24, 2.45) is 0 Å². The Morgan fingerprint density at radius 3 is 2.55 bits per heavy atom. The number of aromatic nitrogens is 1. The van der Waals surface area contributed by atoms with Gasteiger partial charge in [-0.15, -0.1) is 0 Å². The number of piperazine rings is 1. The van der Waals surface area contributed by atoms with Gasteiger partial charge >= 0.3 is 6.09 Å². The number of carbonyl (C=O) groups excluding carboxylic acids is 1. The lowest BCUT2D eigenvalue weighted by molar-refractivity contribution is 0.0635. The van der Waals surface area contributed by atoms with E-state index in [0.29, 0.717) is 5.82 Å². The van der Waals surface area contributed by atoms with Crippen molar-refractivity contribution in [1.29, 1.82) is 0 Å². The number of amides is 1. The quantitative estimate of drug-likeness (QED) is 0.794. The summed E-state index contributed by atoms with van der Waals surface area (Å²) in [6.45, 7) is 15.8. The van der Waals surface area contributed by atoms with Crippen LogP contribution in [-0.2, 0) is 9.47 Å². The van der Waals surface area contributed by atoms with E-state index in [-0.39, 0.29) is 5.54 Å². The van der Waals surface area contributed by atoms with Crippen molar-refractivity contribution < 1.29 is 14.3 Å². The van der Waals surface area contributed by atoms with Crippen LogP contribution >= 0.6 is 0 Å². The average Bonchev–Trinajstić information content (AvgIpc) is 3.14. The Morgan fingerprint density at radius 2 is 1.90 bits per heavy atom. The molecule has 1 N–H and O–H groups in total. The zero-order valence-electron chi connectivity index (χ0n) is 19.3. The third-order valence-electron chi connectivity index (χ3n) is 6.25. The second kappa shape index (κ2) is 8.28. The molecule has 168 valence electrons. The fraction of sp³-hybridized carbons (Fsp3) is 0.583. The van der Waals surface area contributed by atoms with E-state index in [1.54, 1.807) is 6.20 Å². The molecule has 0 radical (unpaired) electrons. The van der Waals surface area contributed by atoms with E-state index in [1.165, 1.54) is 11.3 Å². The minimum absolute atomic E-state index is 0.179. The predicted molar refractivity (Wildman–Crippen MR) is 124 cm³/mol. The van der Waals surface area contributed by atoms with Crippen molar-refractivity contribution in [2.45, 2.75) is 52.2 Å². The number of aryl methyl sites for hydroxylation is 1. The van der Waals surface area contributed by atoms with Crippen LogP contribution < -0.4 is 10.2 Å². The molecule has 4 rings (SSSR count). The SMILES string of the molecule is Cc1cc2cnc(NC(=O)OC(C)(C)C)cc2cc1N1CCN(C2(C)CCOC2)CC1. The Labute approximate surface area is 184 Å². The molecule has 2 saturated heterocycles. The molecule has 0 saturated carbocycles. The Kier molecular flexibility index (Phi) is 5.83. The fourth-order valence-corrected chi connectivity index (χ4v) is 4.51. The number of fused-ring (bicyclic) bond motifs is 1. The first kappa shape index (κ1) is 21.8. The summed E-state index contributed by atoms with van der Waals surface area (Å²) in [5.41, 5.74) is 2.12. The van der Waals surface area contributed by atoms with Gasteiger partial charge in [0, 0.05) is 55.6 Å². The summed E-state index contributed by atoms with van der Waals surface area (Å²) in [4.78, 5) is 21.5. The maximum Gasteiger partial charge on any atom is 0.413 e. The molecule has 0 spiro atoms. The maximum atomic E-state index is 12.1. The molecule has 7 heteroatoms. The first-order valence-electron chi connectivity index (χ1n) is 11.1. The second-order valence-electron chi connectivity index (χ2n) is 9.96. The molecule has 1 unspecified atom stereocenters. The highest BCUT2D eigenvalue weighted by Crippen LogP contribution is 2.31. The lowest BCUT2D eigenvalue weighted by atomic mass is 9.97. The lowest BCUT2D eigenvalue weighted by Gasteiger charge is -2.44. The highest BCUT2D eigenvalue weighted by atomic mass is 16.6. The highest BCUT2D eigenvalue weighted by molar-refractivity contribution is 5.91. The molecular weight excluding hydrogens is 392 g/mol. The fourth-order valence-electron chi connectivity index (χ4n) is 4.51. The number of ether oxygens (including phenoxy) is 2. The third kappa shape index (κ3) is 4.93. The van der Waals surface area contributed by atoms with Crippen molar-refractivity contribution >= 4 is 28.4 Å². The number of rotatable bonds is 3. The van der Waals surface area contributed by atoms with Gasteiger partial charge in [-0.1, -0.05) is 0 Å². The highest BCUT2D eigenvalue weighted by Gasteiger charge is 2.37. The van der Waals surface area contributed by atoms with Gasteiger partial charge in [-0.3, -0.25) is 10.2 Å². The van der Waals surface area contributed by atoms with E-state index in [4.69, 9.17) is 9.47 Å². The number of benzene rings is 1. The van der Waals surface area contributed by atoms with Crippen LogP contribution in [0.2, 0.25) is 0 Å². The molecule has 2 fully saturated rings. The molecule has 31 heavy (non-hydrogen) atoms. The molecule has 0 aliphatic carbocycles. The van der Waals surface area contributed by atoms with Gasteiger partial charge in [0.1, 0.15) is 11.4 Å². The molecule has 0 bridgehead atoms. The number of nitrogens with zero attached hydrogens (tertiary/aromatic N) is 3. The molecule has 2 aromatic rings. The van der Waals surface area contributed by atoms with E-state index in [1.807, 2.05) is 26.8 Å². The van der Waals surface area contributed by atoms with Crippen molar-refractivity contribution in [1.82, 2.24) is 9.88 Å². The van der Waals surface area contributed by atoms with E-state index in [9.17, 15) is 4.79 Å². The first-order chi connectivity index (χ1) is 14.6. The number of hydrogen-bond acceptors (Lipinski definition) is 6. The summed E-state index contributed by atoms with van der Waals surface area (Å²) in [6, 6.07) is 6.30. The molecule has 1 aromatic heterocycles. The minimum Gasteiger partial charge on any atom is -0.444 e. The lowest BCUT2D eigenvalue weighted by Crippen LogP contribution is -2.56. The van der Waals surface area contributed by atoms with Crippen LogP contribution in [0.15, 0.2) is 24.4 Å². The Morgan fingerprint density at radius 1 is 1.16 bits per heavy atom. The summed E-state index contributed by atoms with van der Waals surface area (Å²) in [6.07, 6.45) is 2.42. The van der Waals surface area contributed by atoms with Crippen LogP contribution in [0.25, 0.3) is 10.8 Å². The van der Waals surface area contributed by atoms with E-state index < -0.39 is 11.7 Å². The smallest absolute Gasteiger partial charge is 0.413 e. The van der Waals surface area contributed by atoms with Gasteiger partial charge in [0.05, 0.1) is 6.61 Å². The number of pyridine rings is 1. The van der Waals surface area contributed by atoms with Crippen LogP contribution in [-0.4, -0.2) is 66.5 Å². The van der Waals surface area contributed by atoms with E-state index in [0.717, 1.165) is 56.6 Å². The van der Waals surface area contributed by atoms with Gasteiger partial charge in [-0.2, -0.15) is 0 Å². The predicted octanol–water partition coefficient (Wildman–Crippen LogP) is 4.19. The van der Waals surface area contributed by atoms with Gasteiger partial charge in [0.15, 0.2) is 0 Å². The van der Waals surface area contributed by atoms with Crippen LogP contribution in [0.1, 0.15) is 39.7 Å². The zero-order chi connectivity index (χ0) is 22.2. The monoisotopic (exact) mass is 426 g/mol. The summed E-state index contributed by atoms with van der Waals surface area (Å²) < 4.78 is 11.0. The summed E-state index contributed by atoms with van der Waals surface area (Å²) in [5, 5.41) is 4.86. The number of carbonyl (C=O) groups is 1. The van der Waals surface area contributed by atoms with Gasteiger partial charge in [-0.25, -0.2) is 9.78 Å². The summed E-state index contributed by atoms with van der Waals surface area (Å²) >= 11 is 0. The molecule has 2 aliphatic rings. The molecule has 2 aliphatic heterocycles. The average molecular weight is 427 g/mol. The third-order valence-corrected chi connectivity index (χ3v) is 6.25. The molecule has 7 nitrogen and oxygen atoms in total. The van der Waals surface area contributed by atoms with E-state index >= 15 is 0 Å². The summed E-state index contributed by atoms with van der Waals surface area (Å²) in [7, 11) is 0. The molecular formula is C24H34N4O3. The van der Waals surface area contributed by atoms with Crippen molar-refractivity contribution in [3.05, 3.63) is 30.0 Å². The normalized spacial score (nSPS) is 22.7. The maximum absolute atomic E-state index is 12.1. The largest absolute Gasteiger partial charge is 0.444 e. The Balaban J connectivity index is 1.49. The van der Waals surface area contributed by atoms with Gasteiger partial charge in [0.2, 0.25) is 0 Å². The summed E-state index contributed by atoms with van der Waals surface area (Å²) in [5.74, 6) is 0.496. The first-order valence-corrected chi connectivity index (χ1v) is 11.1. The molecule has 1 amide bonds. The topological polar surface area (TPSA) is 66.9 Å². The number of anilines is 2. The van der Waals surface area contributed by atoms with Crippen LogP contribution in [0.5, 0.6) is 0 Å². The van der Waals surface area contributed by atoms with Crippen molar-refractivity contribution in [2.75, 3.05) is 49.6 Å². The molecule has 3 heterocycles. The van der Waals surface area contributed by atoms with Gasteiger partial charge in [0.25, 0.3) is 0 Å². The van der Waals surface area contributed by atoms with Crippen LogP contribution in [0, 0.1) is 6.92 Å². The van der Waals surface area contributed by atoms with Gasteiger partial charge < -0.3 is 14.4 Å². The number of hydrogen-bond donors (Lipinski definition) is 1. The Bertz CT molecular complexity index is 955. The van der Waals surface area contributed by atoms with Crippen LogP contribution in [0.3, 0.4) is 0 Å². The second-order valence-corrected chi connectivity index (χ2v) is 9.96. The van der Waals surface area contributed by atoms with Crippen LogP contribution in [0.4, 0.5) is 16.3 Å². The van der Waals surface area contributed by atoms with E-state index in [2.05, 4.69) is 46.1 Å². The Hall–Kier alpha value is -2.38. The van der Waals surface area contributed by atoms with Crippen molar-refractivity contribution in [3.8, 4) is 0 Å². The number of nitrogens with one attached hydrogen (secondary N) is 1. The minimum atomic E-state index is -0.547. The van der Waals surface area contributed by atoms with Crippen molar-refractivity contribution in [3.63, 3.8) is 0 Å². The van der Waals surface area contributed by atoms with Gasteiger partial charge in [-0.05, 0) is 70.2 Å². The molecule has 1 aromatic carbocycles. The standard InChI is InChI=1S/C24H34N4O3/c1-17-12-19-15-25-21(26-22(29)31-23(2,3)4)14-18(19)13-20(17)27-7-9-28(10-8-27)24(5)6-11-30-16-24/h12-15H,6-11,16H2,1-5H3,(H,25,26,29). The zero-order valence-corrected chi connectivity index (χ0v) is 19.3.